The summed E-state index contributed by atoms with van der Waals surface area (Å²) in [5.41, 5.74) is 2.01. The highest BCUT2D eigenvalue weighted by molar-refractivity contribution is 9.10. The molecule has 0 aromatic heterocycles. The molecule has 1 aliphatic heterocycles. The average molecular weight is 417 g/mol. The molecule has 3 rings (SSSR count). The summed E-state index contributed by atoms with van der Waals surface area (Å²) >= 11 is 3.38. The van der Waals surface area contributed by atoms with Crippen molar-refractivity contribution in [2.24, 2.45) is 0 Å². The Labute approximate surface area is 159 Å². The van der Waals surface area contributed by atoms with Crippen LogP contribution in [0.3, 0.4) is 0 Å². The van der Waals surface area contributed by atoms with Gasteiger partial charge in [0.25, 0.3) is 0 Å². The summed E-state index contributed by atoms with van der Waals surface area (Å²) in [4.78, 5) is 24.0. The number of hydrogen-bond acceptors (Lipinski definition) is 5. The lowest BCUT2D eigenvalue weighted by Gasteiger charge is -2.10. The smallest absolute Gasteiger partial charge is 0.344 e. The highest BCUT2D eigenvalue weighted by atomic mass is 79.9. The third-order valence-electron chi connectivity index (χ3n) is 3.86. The maximum absolute atomic E-state index is 12.6. The zero-order valence-corrected chi connectivity index (χ0v) is 16.0. The summed E-state index contributed by atoms with van der Waals surface area (Å²) < 4.78 is 17.1. The summed E-state index contributed by atoms with van der Waals surface area (Å²) in [6.45, 7) is 3.63. The van der Waals surface area contributed by atoms with Gasteiger partial charge < -0.3 is 14.2 Å². The molecule has 0 atom stereocenters. The summed E-state index contributed by atoms with van der Waals surface area (Å²) in [5, 5.41) is 0. The number of carbonyl (C=O) groups is 2. The fourth-order valence-electron chi connectivity index (χ4n) is 2.57. The van der Waals surface area contributed by atoms with Crippen molar-refractivity contribution in [1.29, 1.82) is 0 Å². The average Bonchev–Trinajstić information content (AvgIpc) is 2.94. The number of carbonyl (C=O) groups excluding carboxylic acids is 2. The number of ether oxygens (including phenoxy) is 3. The number of fused-ring (bicyclic) bond motifs is 1. The second-order valence-corrected chi connectivity index (χ2v) is 6.57. The molecule has 134 valence electrons. The van der Waals surface area contributed by atoms with Crippen molar-refractivity contribution >= 4 is 33.8 Å². The van der Waals surface area contributed by atoms with E-state index in [0.29, 0.717) is 29.2 Å². The van der Waals surface area contributed by atoms with E-state index in [2.05, 4.69) is 15.9 Å². The van der Waals surface area contributed by atoms with Crippen LogP contribution in [0.15, 0.2) is 46.6 Å². The topological polar surface area (TPSA) is 61.8 Å². The minimum absolute atomic E-state index is 0.178. The second-order valence-electron chi connectivity index (χ2n) is 5.65. The van der Waals surface area contributed by atoms with E-state index in [9.17, 15) is 9.59 Å². The minimum Gasteiger partial charge on any atom is -0.481 e. The first-order valence-electron chi connectivity index (χ1n) is 8.11. The summed E-state index contributed by atoms with van der Waals surface area (Å²) in [6.07, 6.45) is 1.70. The molecule has 0 radical (unpaired) electrons. The second kappa shape index (κ2) is 7.74. The molecule has 0 aliphatic carbocycles. The Hall–Kier alpha value is -2.60. The number of hydrogen-bond donors (Lipinski definition) is 0. The molecule has 0 N–H and O–H groups in total. The minimum atomic E-state index is -0.444. The van der Waals surface area contributed by atoms with E-state index in [1.807, 2.05) is 24.3 Å². The quantitative estimate of drug-likeness (QED) is 0.536. The highest BCUT2D eigenvalue weighted by Crippen LogP contribution is 2.39. The lowest BCUT2D eigenvalue weighted by Crippen LogP contribution is -2.15. The maximum atomic E-state index is 12.6. The molecule has 1 heterocycles. The van der Waals surface area contributed by atoms with Crippen molar-refractivity contribution in [2.45, 2.75) is 13.8 Å². The van der Waals surface area contributed by atoms with Crippen molar-refractivity contribution in [3.63, 3.8) is 0 Å². The number of allylic oxidation sites excluding steroid dienone is 1. The van der Waals surface area contributed by atoms with Crippen molar-refractivity contribution in [1.82, 2.24) is 0 Å². The van der Waals surface area contributed by atoms with E-state index in [0.717, 1.165) is 10.0 Å². The van der Waals surface area contributed by atoms with Crippen LogP contribution in [-0.4, -0.2) is 25.0 Å². The number of rotatable bonds is 5. The zero-order valence-electron chi connectivity index (χ0n) is 14.4. The van der Waals surface area contributed by atoms with Crippen molar-refractivity contribution in [3.05, 3.63) is 63.3 Å². The molecule has 6 heteroatoms. The standard InChI is InChI=1S/C20H17BrO5/c1-3-24-18(22)11-25-16-9-8-15-19(23)17(26-20(15)12(16)2)10-13-4-6-14(21)7-5-13/h4-10H,3,11H2,1-2H3/b17-10-. The van der Waals surface area contributed by atoms with Crippen LogP contribution in [0.5, 0.6) is 11.5 Å². The van der Waals surface area contributed by atoms with Crippen LogP contribution >= 0.6 is 15.9 Å². The third kappa shape index (κ3) is 3.80. The van der Waals surface area contributed by atoms with E-state index in [1.54, 1.807) is 32.1 Å². The van der Waals surface area contributed by atoms with Gasteiger partial charge in [-0.2, -0.15) is 0 Å². The van der Waals surface area contributed by atoms with Gasteiger partial charge in [-0.1, -0.05) is 28.1 Å². The van der Waals surface area contributed by atoms with Gasteiger partial charge in [-0.3, -0.25) is 4.79 Å². The number of halogens is 1. The number of ketones is 1. The molecular weight excluding hydrogens is 400 g/mol. The van der Waals surface area contributed by atoms with E-state index in [4.69, 9.17) is 14.2 Å². The zero-order chi connectivity index (χ0) is 18.7. The number of esters is 1. The van der Waals surface area contributed by atoms with Crippen LogP contribution in [0.2, 0.25) is 0 Å². The van der Waals surface area contributed by atoms with Gasteiger partial charge in [0.2, 0.25) is 5.78 Å². The summed E-state index contributed by atoms with van der Waals surface area (Å²) in [5.74, 6) is 0.574. The van der Waals surface area contributed by atoms with Crippen LogP contribution < -0.4 is 9.47 Å². The van der Waals surface area contributed by atoms with Gasteiger partial charge >= 0.3 is 5.97 Å². The molecule has 0 saturated carbocycles. The Morgan fingerprint density at radius 1 is 1.19 bits per heavy atom. The summed E-state index contributed by atoms with van der Waals surface area (Å²) in [6, 6.07) is 10.9. The first-order valence-corrected chi connectivity index (χ1v) is 8.90. The molecule has 2 aromatic carbocycles. The maximum Gasteiger partial charge on any atom is 0.344 e. The fourth-order valence-corrected chi connectivity index (χ4v) is 2.84. The van der Waals surface area contributed by atoms with E-state index >= 15 is 0 Å². The molecule has 5 nitrogen and oxygen atoms in total. The van der Waals surface area contributed by atoms with Gasteiger partial charge in [-0.15, -0.1) is 0 Å². The van der Waals surface area contributed by atoms with Crippen molar-refractivity contribution in [3.8, 4) is 11.5 Å². The fraction of sp³-hybridized carbons (Fsp3) is 0.200. The molecule has 0 saturated heterocycles. The first-order chi connectivity index (χ1) is 12.5. The number of Topliss-reactive ketones (excluding diaryl/α,β-unsaturated/α-hetero) is 1. The SMILES string of the molecule is CCOC(=O)COc1ccc2c(c1C)O/C(=C\c1ccc(Br)cc1)C2=O. The van der Waals surface area contributed by atoms with Gasteiger partial charge in [0.15, 0.2) is 12.4 Å². The highest BCUT2D eigenvalue weighted by Gasteiger charge is 2.30. The van der Waals surface area contributed by atoms with Crippen LogP contribution in [-0.2, 0) is 9.53 Å². The Morgan fingerprint density at radius 2 is 1.92 bits per heavy atom. The lowest BCUT2D eigenvalue weighted by atomic mass is 10.1. The van der Waals surface area contributed by atoms with E-state index in [1.165, 1.54) is 0 Å². The van der Waals surface area contributed by atoms with Gasteiger partial charge in [0.05, 0.1) is 12.2 Å². The van der Waals surface area contributed by atoms with E-state index in [-0.39, 0.29) is 18.1 Å². The molecule has 0 unspecified atom stereocenters. The summed E-state index contributed by atoms with van der Waals surface area (Å²) in [7, 11) is 0. The number of benzene rings is 2. The monoisotopic (exact) mass is 416 g/mol. The first kappa shape index (κ1) is 18.2. The Morgan fingerprint density at radius 3 is 2.62 bits per heavy atom. The van der Waals surface area contributed by atoms with Crippen LogP contribution in [0, 0.1) is 6.92 Å². The Bertz CT molecular complexity index is 884. The van der Waals surface area contributed by atoms with Crippen molar-refractivity contribution < 1.29 is 23.8 Å². The molecule has 0 fully saturated rings. The molecule has 2 aromatic rings. The van der Waals surface area contributed by atoms with E-state index < -0.39 is 5.97 Å². The molecule has 0 amide bonds. The molecule has 0 spiro atoms. The van der Waals surface area contributed by atoms with Gasteiger partial charge in [-0.25, -0.2) is 4.79 Å². The lowest BCUT2D eigenvalue weighted by molar-refractivity contribution is -0.145. The third-order valence-corrected chi connectivity index (χ3v) is 4.38. The van der Waals surface area contributed by atoms with Gasteiger partial charge in [-0.05, 0) is 49.8 Å². The Balaban J connectivity index is 1.82. The molecule has 0 bridgehead atoms. The molecular formula is C20H17BrO5. The van der Waals surface area contributed by atoms with Crippen LogP contribution in [0.4, 0.5) is 0 Å². The van der Waals surface area contributed by atoms with Crippen molar-refractivity contribution in [2.75, 3.05) is 13.2 Å². The Kier molecular flexibility index (Phi) is 5.42. The largest absolute Gasteiger partial charge is 0.481 e. The molecule has 26 heavy (non-hydrogen) atoms. The van der Waals surface area contributed by atoms with Gasteiger partial charge in [0, 0.05) is 10.0 Å². The van der Waals surface area contributed by atoms with Gasteiger partial charge in [0.1, 0.15) is 11.5 Å². The predicted molar refractivity (Wildman–Crippen MR) is 100 cm³/mol. The predicted octanol–water partition coefficient (Wildman–Crippen LogP) is 4.32. The van der Waals surface area contributed by atoms with Crippen LogP contribution in [0.1, 0.15) is 28.4 Å². The normalized spacial score (nSPS) is 14.1. The molecule has 1 aliphatic rings. The van der Waals surface area contributed by atoms with Crippen LogP contribution in [0.25, 0.3) is 6.08 Å².